The number of carbonyl (C=O) groups excluding carboxylic acids is 1. The number of rotatable bonds is 7. The Hall–Kier alpha value is -5.77. The number of nitriles is 1. The SMILES string of the molecule is COc1ccc(C2=C(C#N)c3nc4ccccc4n3C(=O)C2=NCc2ccc(N=Nc3ccc(C)cc3)cc2S(=O)(=O)O)cc1. The molecule has 0 spiro atoms. The minimum absolute atomic E-state index is 0.0724. The molecule has 0 atom stereocenters. The Balaban J connectivity index is 1.47. The van der Waals surface area contributed by atoms with Crippen molar-refractivity contribution in [1.82, 2.24) is 9.55 Å². The van der Waals surface area contributed by atoms with Gasteiger partial charge >= 0.3 is 0 Å². The van der Waals surface area contributed by atoms with E-state index < -0.39 is 20.9 Å². The molecule has 0 fully saturated rings. The number of aromatic nitrogens is 2. The first-order valence-corrected chi connectivity index (χ1v) is 15.1. The van der Waals surface area contributed by atoms with Crippen LogP contribution in [0.15, 0.2) is 111 Å². The number of carbonyl (C=O) groups is 1. The van der Waals surface area contributed by atoms with Gasteiger partial charge in [0.05, 0.1) is 36.1 Å². The van der Waals surface area contributed by atoms with Gasteiger partial charge in [-0.3, -0.25) is 18.9 Å². The molecule has 1 aliphatic rings. The van der Waals surface area contributed by atoms with Crippen molar-refractivity contribution in [2.24, 2.45) is 15.2 Å². The number of nitrogens with zero attached hydrogens (tertiary/aromatic N) is 6. The molecule has 0 aliphatic carbocycles. The van der Waals surface area contributed by atoms with Gasteiger partial charge in [-0.2, -0.15) is 23.9 Å². The Morgan fingerprint density at radius 3 is 2.33 bits per heavy atom. The van der Waals surface area contributed by atoms with Crippen LogP contribution in [0.5, 0.6) is 5.75 Å². The summed E-state index contributed by atoms with van der Waals surface area (Å²) < 4.78 is 41.6. The van der Waals surface area contributed by atoms with Crippen LogP contribution in [0, 0.1) is 18.3 Å². The number of azo groups is 1. The van der Waals surface area contributed by atoms with Crippen LogP contribution in [-0.4, -0.2) is 41.3 Å². The van der Waals surface area contributed by atoms with Gasteiger partial charge in [0.1, 0.15) is 28.0 Å². The molecule has 1 aromatic heterocycles. The highest BCUT2D eigenvalue weighted by atomic mass is 32.2. The van der Waals surface area contributed by atoms with Crippen LogP contribution in [0.3, 0.4) is 0 Å². The van der Waals surface area contributed by atoms with Crippen LogP contribution >= 0.6 is 0 Å². The summed E-state index contributed by atoms with van der Waals surface area (Å²) in [6.07, 6.45) is 0. The Morgan fingerprint density at radius 2 is 1.64 bits per heavy atom. The van der Waals surface area contributed by atoms with Crippen molar-refractivity contribution in [3.05, 3.63) is 114 Å². The van der Waals surface area contributed by atoms with Crippen LogP contribution in [0.1, 0.15) is 27.3 Å². The van der Waals surface area contributed by atoms with Crippen molar-refractivity contribution in [1.29, 1.82) is 5.26 Å². The number of hydrogen-bond acceptors (Lipinski definition) is 9. The maximum Gasteiger partial charge on any atom is 0.294 e. The van der Waals surface area contributed by atoms with Crippen LogP contribution < -0.4 is 4.74 Å². The smallest absolute Gasteiger partial charge is 0.294 e. The van der Waals surface area contributed by atoms with Crippen molar-refractivity contribution in [3.63, 3.8) is 0 Å². The number of imidazole rings is 1. The Kier molecular flexibility index (Phi) is 7.64. The molecule has 2 heterocycles. The third-order valence-electron chi connectivity index (χ3n) is 7.22. The summed E-state index contributed by atoms with van der Waals surface area (Å²) in [6, 6.07) is 27.4. The van der Waals surface area contributed by atoms with Crippen molar-refractivity contribution < 1.29 is 22.5 Å². The monoisotopic (exact) mass is 616 g/mol. The van der Waals surface area contributed by atoms with E-state index in [0.29, 0.717) is 28.0 Å². The van der Waals surface area contributed by atoms with Gasteiger partial charge in [-0.05, 0) is 66.6 Å². The van der Waals surface area contributed by atoms with E-state index in [9.17, 15) is 23.0 Å². The van der Waals surface area contributed by atoms with Crippen molar-refractivity contribution in [2.45, 2.75) is 18.4 Å². The molecule has 11 nitrogen and oxygen atoms in total. The summed E-state index contributed by atoms with van der Waals surface area (Å²) in [5.74, 6) is 0.207. The summed E-state index contributed by atoms with van der Waals surface area (Å²) in [6.45, 7) is 1.63. The molecular formula is C33H24N6O5S. The number of fused-ring (bicyclic) bond motifs is 3. The van der Waals surface area contributed by atoms with Crippen molar-refractivity contribution >= 4 is 55.3 Å². The number of aliphatic imine (C=N–C) groups is 1. The number of hydrogen-bond donors (Lipinski definition) is 1. The zero-order chi connectivity index (χ0) is 31.7. The minimum atomic E-state index is -4.72. The van der Waals surface area contributed by atoms with Gasteiger partial charge in [-0.25, -0.2) is 4.98 Å². The maximum absolute atomic E-state index is 14.1. The molecule has 0 bridgehead atoms. The summed E-state index contributed by atoms with van der Waals surface area (Å²) >= 11 is 0. The van der Waals surface area contributed by atoms with Crippen molar-refractivity contribution in [3.8, 4) is 11.8 Å². The van der Waals surface area contributed by atoms with E-state index in [0.717, 1.165) is 5.56 Å². The molecule has 12 heteroatoms. The molecule has 0 unspecified atom stereocenters. The van der Waals surface area contributed by atoms with Crippen molar-refractivity contribution in [2.75, 3.05) is 7.11 Å². The van der Waals surface area contributed by atoms with Crippen LogP contribution in [0.25, 0.3) is 22.2 Å². The summed E-state index contributed by atoms with van der Waals surface area (Å²) in [5.41, 5.74) is 3.74. The first kappa shape index (κ1) is 29.3. The first-order chi connectivity index (χ1) is 21.7. The molecule has 1 aliphatic heterocycles. The van der Waals surface area contributed by atoms with Crippen LogP contribution in [-0.2, 0) is 16.7 Å². The lowest BCUT2D eigenvalue weighted by molar-refractivity contribution is 0.0994. The van der Waals surface area contributed by atoms with E-state index in [1.54, 1.807) is 60.7 Å². The number of methoxy groups -OCH3 is 1. The quantitative estimate of drug-likeness (QED) is 0.156. The fourth-order valence-electron chi connectivity index (χ4n) is 5.00. The predicted octanol–water partition coefficient (Wildman–Crippen LogP) is 6.74. The maximum atomic E-state index is 14.1. The van der Waals surface area contributed by atoms with E-state index in [4.69, 9.17) is 4.74 Å². The highest BCUT2D eigenvalue weighted by Gasteiger charge is 2.35. The van der Waals surface area contributed by atoms with Crippen LogP contribution in [0.4, 0.5) is 11.4 Å². The van der Waals surface area contributed by atoms with E-state index in [1.807, 2.05) is 19.1 Å². The second-order valence-electron chi connectivity index (χ2n) is 10.1. The number of allylic oxidation sites excluding steroid dienone is 2. The third-order valence-corrected chi connectivity index (χ3v) is 8.15. The molecule has 0 radical (unpaired) electrons. The summed E-state index contributed by atoms with van der Waals surface area (Å²) in [5, 5.41) is 18.6. The molecule has 4 aromatic carbocycles. The average Bonchev–Trinajstić information content (AvgIpc) is 3.43. The molecular weight excluding hydrogens is 592 g/mol. The third kappa shape index (κ3) is 5.65. The van der Waals surface area contributed by atoms with E-state index >= 15 is 0 Å². The first-order valence-electron chi connectivity index (χ1n) is 13.6. The predicted molar refractivity (Wildman–Crippen MR) is 169 cm³/mol. The molecule has 222 valence electrons. The van der Waals surface area contributed by atoms with Gasteiger partial charge in [-0.1, -0.05) is 48.0 Å². The molecule has 0 saturated carbocycles. The van der Waals surface area contributed by atoms with E-state index in [2.05, 4.69) is 26.3 Å². The number of benzene rings is 4. The molecule has 6 rings (SSSR count). The summed E-state index contributed by atoms with van der Waals surface area (Å²) in [4.78, 5) is 22.8. The van der Waals surface area contributed by atoms with Gasteiger partial charge in [-0.15, -0.1) is 0 Å². The lowest BCUT2D eigenvalue weighted by Gasteiger charge is -2.20. The minimum Gasteiger partial charge on any atom is -0.497 e. The normalized spacial score (nSPS) is 14.3. The fraction of sp³-hybridized carbons (Fsp3) is 0.0909. The summed E-state index contributed by atoms with van der Waals surface area (Å²) in [7, 11) is -3.19. The lowest BCUT2D eigenvalue weighted by atomic mass is 9.92. The second kappa shape index (κ2) is 11.7. The Bertz CT molecular complexity index is 2230. The van der Waals surface area contributed by atoms with Gasteiger partial charge < -0.3 is 4.74 Å². The zero-order valence-corrected chi connectivity index (χ0v) is 24.9. The highest BCUT2D eigenvalue weighted by molar-refractivity contribution is 7.85. The standard InChI is InChI=1S/C33H24N6O5S/c1-20-7-12-23(13-8-20)37-38-24-14-9-22(29(17-24)45(41,42)43)19-35-31-30(21-10-15-25(44-2)16-11-21)26(18-34)32-36-27-5-3-4-6-28(27)39(32)33(31)40/h3-17H,19H2,1-2H3,(H,41,42,43). The molecule has 0 saturated heterocycles. The number of para-hydroxylation sites is 2. The lowest BCUT2D eigenvalue weighted by Crippen LogP contribution is -2.30. The molecule has 45 heavy (non-hydrogen) atoms. The largest absolute Gasteiger partial charge is 0.497 e. The van der Waals surface area contributed by atoms with Crippen LogP contribution in [0.2, 0.25) is 0 Å². The molecule has 0 amide bonds. The van der Waals surface area contributed by atoms with Gasteiger partial charge in [0.15, 0.2) is 5.82 Å². The van der Waals surface area contributed by atoms with Gasteiger partial charge in [0, 0.05) is 5.57 Å². The number of ether oxygens (including phenoxy) is 1. The van der Waals surface area contributed by atoms with Gasteiger partial charge in [0.2, 0.25) is 0 Å². The topological polar surface area (TPSA) is 159 Å². The zero-order valence-electron chi connectivity index (χ0n) is 24.0. The second-order valence-corrected chi connectivity index (χ2v) is 11.5. The average molecular weight is 617 g/mol. The van der Waals surface area contributed by atoms with Gasteiger partial charge in [0.25, 0.3) is 16.0 Å². The molecule has 1 N–H and O–H groups in total. The number of aryl methyl sites for hydroxylation is 1. The Labute approximate surface area is 258 Å². The highest BCUT2D eigenvalue weighted by Crippen LogP contribution is 2.35. The Morgan fingerprint density at radius 1 is 0.956 bits per heavy atom. The molecule has 5 aromatic rings. The fourth-order valence-corrected chi connectivity index (χ4v) is 5.73. The van der Waals surface area contributed by atoms with E-state index in [1.165, 1.54) is 29.9 Å². The van der Waals surface area contributed by atoms with E-state index in [-0.39, 0.29) is 40.5 Å².